The van der Waals surface area contributed by atoms with Gasteiger partial charge in [0.05, 0.1) is 27.2 Å². The Morgan fingerprint density at radius 2 is 2.00 bits per heavy atom. The second-order valence-corrected chi connectivity index (χ2v) is 5.49. The molecule has 3 rings (SSSR count). The number of ether oxygens (including phenoxy) is 3. The minimum Gasteiger partial charge on any atom is -0.496 e. The minimum atomic E-state index is -0.147. The zero-order chi connectivity index (χ0) is 16.2. The molecule has 124 valence electrons. The molecule has 1 fully saturated rings. The van der Waals surface area contributed by atoms with E-state index >= 15 is 0 Å². The van der Waals surface area contributed by atoms with Crippen molar-refractivity contribution in [3.63, 3.8) is 0 Å². The predicted molar refractivity (Wildman–Crippen MR) is 82.8 cm³/mol. The van der Waals surface area contributed by atoms with Gasteiger partial charge < -0.3 is 23.6 Å². The van der Waals surface area contributed by atoms with E-state index in [1.165, 1.54) is 0 Å². The second-order valence-electron chi connectivity index (χ2n) is 5.49. The number of nitrogens with zero attached hydrogens (tertiary/aromatic N) is 3. The molecule has 2 heterocycles. The third-order valence-corrected chi connectivity index (χ3v) is 3.90. The van der Waals surface area contributed by atoms with Crippen molar-refractivity contribution in [1.82, 2.24) is 15.0 Å². The van der Waals surface area contributed by atoms with Crippen molar-refractivity contribution in [1.29, 1.82) is 0 Å². The average molecular weight is 319 g/mol. The van der Waals surface area contributed by atoms with E-state index in [9.17, 15) is 0 Å². The molecule has 1 aromatic carbocycles. The van der Waals surface area contributed by atoms with Crippen molar-refractivity contribution < 1.29 is 18.7 Å². The van der Waals surface area contributed by atoms with Crippen LogP contribution >= 0.6 is 0 Å². The van der Waals surface area contributed by atoms with Crippen molar-refractivity contribution in [3.05, 3.63) is 35.5 Å². The van der Waals surface area contributed by atoms with Gasteiger partial charge in [-0.15, -0.1) is 0 Å². The van der Waals surface area contributed by atoms with Gasteiger partial charge >= 0.3 is 0 Å². The van der Waals surface area contributed by atoms with Crippen LogP contribution in [0, 0.1) is 0 Å². The summed E-state index contributed by atoms with van der Waals surface area (Å²) in [5, 5.41) is 4.06. The molecule has 1 aliphatic rings. The molecule has 0 saturated carbocycles. The summed E-state index contributed by atoms with van der Waals surface area (Å²) in [5.74, 6) is 2.57. The zero-order valence-electron chi connectivity index (χ0n) is 13.6. The summed E-state index contributed by atoms with van der Waals surface area (Å²) in [5.41, 5.74) is 0.884. The monoisotopic (exact) mass is 319 g/mol. The fourth-order valence-corrected chi connectivity index (χ4v) is 2.66. The van der Waals surface area contributed by atoms with Crippen LogP contribution in [0.2, 0.25) is 0 Å². The molecule has 0 radical (unpaired) electrons. The number of likely N-dealkylation sites (N-methyl/N-ethyl adjacent to an activating group) is 1. The number of aromatic nitrogens is 2. The molecule has 23 heavy (non-hydrogen) atoms. The van der Waals surface area contributed by atoms with Gasteiger partial charge in [0.2, 0.25) is 11.7 Å². The summed E-state index contributed by atoms with van der Waals surface area (Å²) in [7, 11) is 5.31. The van der Waals surface area contributed by atoms with Crippen LogP contribution in [-0.4, -0.2) is 56.0 Å². The van der Waals surface area contributed by atoms with Crippen molar-refractivity contribution in [2.75, 3.05) is 41.0 Å². The van der Waals surface area contributed by atoms with Gasteiger partial charge in [0.15, 0.2) is 0 Å². The summed E-state index contributed by atoms with van der Waals surface area (Å²) in [6.45, 7) is 2.35. The van der Waals surface area contributed by atoms with Gasteiger partial charge in [0.25, 0.3) is 0 Å². The maximum absolute atomic E-state index is 5.71. The van der Waals surface area contributed by atoms with E-state index < -0.39 is 0 Å². The Kier molecular flexibility index (Phi) is 4.78. The molecule has 1 saturated heterocycles. The zero-order valence-corrected chi connectivity index (χ0v) is 13.6. The Morgan fingerprint density at radius 1 is 1.26 bits per heavy atom. The van der Waals surface area contributed by atoms with Crippen LogP contribution in [-0.2, 0) is 11.2 Å². The predicted octanol–water partition coefficient (Wildman–Crippen LogP) is 1.68. The second kappa shape index (κ2) is 6.97. The fourth-order valence-electron chi connectivity index (χ4n) is 2.66. The molecule has 0 amide bonds. The van der Waals surface area contributed by atoms with Gasteiger partial charge in [-0.05, 0) is 19.2 Å². The summed E-state index contributed by atoms with van der Waals surface area (Å²) < 4.78 is 21.9. The molecule has 0 aliphatic carbocycles. The largest absolute Gasteiger partial charge is 0.496 e. The van der Waals surface area contributed by atoms with Crippen LogP contribution in [0.4, 0.5) is 0 Å². The molecule has 1 aliphatic heterocycles. The van der Waals surface area contributed by atoms with Gasteiger partial charge in [-0.3, -0.25) is 0 Å². The summed E-state index contributed by atoms with van der Waals surface area (Å²) in [6, 6.07) is 5.65. The highest BCUT2D eigenvalue weighted by atomic mass is 16.5. The Labute approximate surface area is 135 Å². The lowest BCUT2D eigenvalue weighted by atomic mass is 10.1. The van der Waals surface area contributed by atoms with Crippen LogP contribution in [0.15, 0.2) is 22.7 Å². The van der Waals surface area contributed by atoms with Crippen LogP contribution in [0.25, 0.3) is 0 Å². The van der Waals surface area contributed by atoms with E-state index in [4.69, 9.17) is 18.7 Å². The van der Waals surface area contributed by atoms with Crippen molar-refractivity contribution in [3.8, 4) is 11.5 Å². The van der Waals surface area contributed by atoms with E-state index in [1.807, 2.05) is 18.2 Å². The minimum absolute atomic E-state index is 0.147. The van der Waals surface area contributed by atoms with Gasteiger partial charge in [0, 0.05) is 18.7 Å². The third kappa shape index (κ3) is 3.46. The van der Waals surface area contributed by atoms with Crippen LogP contribution in [0.3, 0.4) is 0 Å². The lowest BCUT2D eigenvalue weighted by Crippen LogP contribution is -2.35. The van der Waals surface area contributed by atoms with E-state index in [0.717, 1.165) is 30.2 Å². The van der Waals surface area contributed by atoms with Gasteiger partial charge in [-0.25, -0.2) is 0 Å². The quantitative estimate of drug-likeness (QED) is 0.830. The third-order valence-electron chi connectivity index (χ3n) is 3.90. The highest BCUT2D eigenvalue weighted by Crippen LogP contribution is 2.30. The number of hydrogen-bond acceptors (Lipinski definition) is 7. The Morgan fingerprint density at radius 3 is 2.65 bits per heavy atom. The first kappa shape index (κ1) is 15.8. The van der Waals surface area contributed by atoms with E-state index in [0.29, 0.717) is 24.7 Å². The van der Waals surface area contributed by atoms with Crippen molar-refractivity contribution >= 4 is 0 Å². The van der Waals surface area contributed by atoms with Gasteiger partial charge in [0.1, 0.15) is 17.6 Å². The molecule has 2 aromatic rings. The van der Waals surface area contributed by atoms with E-state index in [2.05, 4.69) is 22.1 Å². The van der Waals surface area contributed by atoms with E-state index in [1.54, 1.807) is 14.2 Å². The normalized spacial score (nSPS) is 18.8. The Balaban J connectivity index is 1.79. The lowest BCUT2D eigenvalue weighted by molar-refractivity contribution is -0.0264. The molecule has 1 unspecified atom stereocenters. The molecule has 1 atom stereocenters. The van der Waals surface area contributed by atoms with Crippen molar-refractivity contribution in [2.24, 2.45) is 0 Å². The maximum atomic E-state index is 5.71. The first-order valence-electron chi connectivity index (χ1n) is 7.53. The smallest absolute Gasteiger partial charge is 0.231 e. The highest BCUT2D eigenvalue weighted by Gasteiger charge is 2.25. The fraction of sp³-hybridized carbons (Fsp3) is 0.500. The highest BCUT2D eigenvalue weighted by molar-refractivity contribution is 5.46. The average Bonchev–Trinajstić information content (AvgIpc) is 3.03. The summed E-state index contributed by atoms with van der Waals surface area (Å²) in [4.78, 5) is 6.66. The first-order chi connectivity index (χ1) is 11.2. The molecule has 0 bridgehead atoms. The number of methoxy groups -OCH3 is 2. The number of rotatable bonds is 5. The molecule has 0 spiro atoms. The van der Waals surface area contributed by atoms with Crippen molar-refractivity contribution in [2.45, 2.75) is 12.5 Å². The summed E-state index contributed by atoms with van der Waals surface area (Å²) >= 11 is 0. The number of morpholine rings is 1. The van der Waals surface area contributed by atoms with Crippen LogP contribution in [0.5, 0.6) is 11.5 Å². The summed E-state index contributed by atoms with van der Waals surface area (Å²) in [6.07, 6.45) is 0.300. The maximum Gasteiger partial charge on any atom is 0.231 e. The van der Waals surface area contributed by atoms with Crippen LogP contribution in [0.1, 0.15) is 23.4 Å². The standard InChI is InChI=1S/C16H21N3O4/c1-19-7-8-22-14(10-19)16-17-15(23-18-16)9-11-12(20-2)5-4-6-13(11)21-3/h4-6,14H,7-10H2,1-3H3. The Bertz CT molecular complexity index is 636. The lowest BCUT2D eigenvalue weighted by Gasteiger charge is -2.27. The molecular weight excluding hydrogens is 298 g/mol. The van der Waals surface area contributed by atoms with Gasteiger partial charge in [-0.1, -0.05) is 11.2 Å². The molecule has 7 nitrogen and oxygen atoms in total. The number of hydrogen-bond donors (Lipinski definition) is 0. The van der Waals surface area contributed by atoms with E-state index in [-0.39, 0.29) is 6.10 Å². The SMILES string of the molecule is COc1cccc(OC)c1Cc1nc(C2CN(C)CCO2)no1. The molecule has 1 aromatic heterocycles. The molecular formula is C16H21N3O4. The number of benzene rings is 1. The first-order valence-corrected chi connectivity index (χ1v) is 7.53. The topological polar surface area (TPSA) is 69.9 Å². The molecule has 7 heteroatoms. The Hall–Kier alpha value is -2.12. The van der Waals surface area contributed by atoms with Gasteiger partial charge in [-0.2, -0.15) is 4.98 Å². The molecule has 0 N–H and O–H groups in total. The van der Waals surface area contributed by atoms with Crippen LogP contribution < -0.4 is 9.47 Å².